The van der Waals surface area contributed by atoms with Gasteiger partial charge in [0, 0.05) is 18.2 Å². The maximum absolute atomic E-state index is 12.8. The first-order chi connectivity index (χ1) is 15.3. The van der Waals surface area contributed by atoms with E-state index in [-0.39, 0.29) is 36.5 Å². The van der Waals surface area contributed by atoms with E-state index in [0.717, 1.165) is 5.56 Å². The molecule has 1 N–H and O–H groups in total. The van der Waals surface area contributed by atoms with Crippen LogP contribution in [0.1, 0.15) is 22.3 Å². The van der Waals surface area contributed by atoms with Crippen molar-refractivity contribution in [3.8, 4) is 0 Å². The van der Waals surface area contributed by atoms with Gasteiger partial charge in [-0.2, -0.15) is 0 Å². The smallest absolute Gasteiger partial charge is 0.317 e. The molecule has 1 aromatic heterocycles. The first kappa shape index (κ1) is 21.8. The summed E-state index contributed by atoms with van der Waals surface area (Å²) in [7, 11) is -3.08. The summed E-state index contributed by atoms with van der Waals surface area (Å²) in [6.45, 7) is 4.06. The van der Waals surface area contributed by atoms with Crippen LogP contribution in [-0.4, -0.2) is 41.0 Å². The van der Waals surface area contributed by atoms with E-state index in [9.17, 15) is 22.8 Å². The fourth-order valence-corrected chi connectivity index (χ4v) is 5.63. The van der Waals surface area contributed by atoms with Gasteiger partial charge in [0.05, 0.1) is 29.1 Å². The van der Waals surface area contributed by atoms with Gasteiger partial charge in [-0.3, -0.25) is 23.5 Å². The fraction of sp³-hybridized carbons (Fsp3) is 0.261. The minimum Gasteiger partial charge on any atom is -0.348 e. The Morgan fingerprint density at radius 3 is 2.25 bits per heavy atom. The number of fused-ring (bicyclic) bond motifs is 1. The van der Waals surface area contributed by atoms with Crippen molar-refractivity contribution in [1.29, 1.82) is 0 Å². The molecule has 2 aromatic carbocycles. The number of carbonyl (C=O) groups is 1. The van der Waals surface area contributed by atoms with Crippen LogP contribution in [0.25, 0.3) is 11.0 Å². The second kappa shape index (κ2) is 8.58. The Morgan fingerprint density at radius 2 is 1.66 bits per heavy atom. The van der Waals surface area contributed by atoms with Crippen LogP contribution < -0.4 is 16.4 Å². The average Bonchev–Trinajstić information content (AvgIpc) is 3.12. The van der Waals surface area contributed by atoms with Gasteiger partial charge in [0.15, 0.2) is 9.84 Å². The third-order valence-corrected chi connectivity index (χ3v) is 7.34. The largest absolute Gasteiger partial charge is 0.348 e. The van der Waals surface area contributed by atoms with Gasteiger partial charge in [0.1, 0.15) is 0 Å². The van der Waals surface area contributed by atoms with E-state index in [1.54, 1.807) is 54.6 Å². The number of rotatable bonds is 6. The third kappa shape index (κ3) is 4.29. The van der Waals surface area contributed by atoms with E-state index in [0.29, 0.717) is 23.0 Å². The van der Waals surface area contributed by atoms with Gasteiger partial charge < -0.3 is 5.32 Å². The van der Waals surface area contributed by atoms with Gasteiger partial charge in [-0.1, -0.05) is 30.3 Å². The Hall–Kier alpha value is -3.46. The molecule has 1 atom stereocenters. The van der Waals surface area contributed by atoms with E-state index in [4.69, 9.17) is 0 Å². The lowest BCUT2D eigenvalue weighted by Crippen LogP contribution is -2.41. The average molecular weight is 454 g/mol. The molecule has 0 spiro atoms. The summed E-state index contributed by atoms with van der Waals surface area (Å²) in [5.41, 5.74) is 1.17. The van der Waals surface area contributed by atoms with Crippen LogP contribution in [-0.2, 0) is 22.9 Å². The summed E-state index contributed by atoms with van der Waals surface area (Å²) in [6.07, 6.45) is 1.99. The van der Waals surface area contributed by atoms with Crippen LogP contribution in [0.5, 0.6) is 0 Å². The predicted octanol–water partition coefficient (Wildman–Crippen LogP) is 1.31. The van der Waals surface area contributed by atoms with Crippen molar-refractivity contribution in [3.63, 3.8) is 0 Å². The summed E-state index contributed by atoms with van der Waals surface area (Å²) in [5, 5.41) is 2.75. The molecule has 166 valence electrons. The molecule has 4 rings (SSSR count). The Bertz CT molecular complexity index is 1420. The standard InChI is InChI=1S/C23H23N3O5S/c1-2-12-25-19-5-3-4-6-20(19)26(23(29)22(25)28)14-16-7-9-17(10-8-16)21(27)24-18-11-13-32(30,31)15-18/h2-10,18H,1,11-15H2,(H,24,27)/t18-/m0/s1. The zero-order valence-corrected chi connectivity index (χ0v) is 18.2. The van der Waals surface area contributed by atoms with Crippen LogP contribution in [0.2, 0.25) is 0 Å². The molecule has 1 fully saturated rings. The van der Waals surface area contributed by atoms with E-state index in [2.05, 4.69) is 11.9 Å². The third-order valence-electron chi connectivity index (χ3n) is 5.57. The highest BCUT2D eigenvalue weighted by Crippen LogP contribution is 2.15. The predicted molar refractivity (Wildman–Crippen MR) is 123 cm³/mol. The van der Waals surface area contributed by atoms with Crippen LogP contribution in [0, 0.1) is 0 Å². The minimum atomic E-state index is -3.08. The Kier molecular flexibility index (Phi) is 5.84. The first-order valence-corrected chi connectivity index (χ1v) is 12.0. The summed E-state index contributed by atoms with van der Waals surface area (Å²) < 4.78 is 26.0. The molecular formula is C23H23N3O5S. The van der Waals surface area contributed by atoms with Crippen molar-refractivity contribution in [1.82, 2.24) is 14.5 Å². The molecule has 0 aliphatic carbocycles. The first-order valence-electron chi connectivity index (χ1n) is 10.2. The number of sulfone groups is 1. The summed E-state index contributed by atoms with van der Waals surface area (Å²) in [5.74, 6) is -0.289. The van der Waals surface area contributed by atoms with E-state index in [1.807, 2.05) is 0 Å². The van der Waals surface area contributed by atoms with Crippen molar-refractivity contribution >= 4 is 26.8 Å². The monoisotopic (exact) mass is 453 g/mol. The molecule has 1 amide bonds. The Labute approximate surface area is 184 Å². The minimum absolute atomic E-state index is 0.0375. The van der Waals surface area contributed by atoms with Gasteiger partial charge in [0.2, 0.25) is 0 Å². The second-order valence-corrected chi connectivity index (χ2v) is 10.1. The topological polar surface area (TPSA) is 107 Å². The van der Waals surface area contributed by atoms with Crippen LogP contribution in [0.3, 0.4) is 0 Å². The number of amides is 1. The van der Waals surface area contributed by atoms with Gasteiger partial charge in [-0.15, -0.1) is 6.58 Å². The maximum Gasteiger partial charge on any atom is 0.317 e. The quantitative estimate of drug-likeness (QED) is 0.447. The molecule has 32 heavy (non-hydrogen) atoms. The number of para-hydroxylation sites is 2. The normalized spacial score (nSPS) is 17.3. The van der Waals surface area contributed by atoms with Crippen molar-refractivity contribution in [2.75, 3.05) is 11.5 Å². The van der Waals surface area contributed by atoms with Gasteiger partial charge >= 0.3 is 11.1 Å². The fourth-order valence-electron chi connectivity index (χ4n) is 3.96. The van der Waals surface area contributed by atoms with Crippen molar-refractivity contribution in [2.45, 2.75) is 25.6 Å². The number of nitrogens with one attached hydrogen (secondary N) is 1. The van der Waals surface area contributed by atoms with E-state index >= 15 is 0 Å². The van der Waals surface area contributed by atoms with Gasteiger partial charge in [-0.25, -0.2) is 8.42 Å². The highest BCUT2D eigenvalue weighted by Gasteiger charge is 2.29. The van der Waals surface area contributed by atoms with Crippen LogP contribution >= 0.6 is 0 Å². The van der Waals surface area contributed by atoms with Crippen molar-refractivity contribution < 1.29 is 13.2 Å². The van der Waals surface area contributed by atoms with Crippen molar-refractivity contribution in [3.05, 3.63) is 93.0 Å². The number of nitrogens with zero attached hydrogens (tertiary/aromatic N) is 2. The summed E-state index contributed by atoms with van der Waals surface area (Å²) in [6, 6.07) is 13.5. The molecule has 1 saturated heterocycles. The van der Waals surface area contributed by atoms with Crippen LogP contribution in [0.4, 0.5) is 0 Å². The maximum atomic E-state index is 12.8. The molecule has 3 aromatic rings. The van der Waals surface area contributed by atoms with Crippen LogP contribution in [0.15, 0.2) is 70.8 Å². The van der Waals surface area contributed by atoms with E-state index in [1.165, 1.54) is 9.13 Å². The van der Waals surface area contributed by atoms with Gasteiger partial charge in [0.25, 0.3) is 5.91 Å². The number of hydrogen-bond acceptors (Lipinski definition) is 5. The lowest BCUT2D eigenvalue weighted by Gasteiger charge is -2.14. The number of hydrogen-bond donors (Lipinski definition) is 1. The summed E-state index contributed by atoms with van der Waals surface area (Å²) in [4.78, 5) is 37.9. The number of aromatic nitrogens is 2. The zero-order valence-electron chi connectivity index (χ0n) is 17.4. The molecule has 0 saturated carbocycles. The molecule has 1 aliphatic rings. The Balaban J connectivity index is 1.59. The SMILES string of the molecule is C=CCn1c(=O)c(=O)n(Cc2ccc(C(=O)N[C@H]3CCS(=O)(=O)C3)cc2)c2ccccc21. The Morgan fingerprint density at radius 1 is 1.03 bits per heavy atom. The molecule has 0 radical (unpaired) electrons. The highest BCUT2D eigenvalue weighted by atomic mass is 32.2. The molecule has 1 aliphatic heterocycles. The molecule has 0 unspecified atom stereocenters. The molecular weight excluding hydrogens is 430 g/mol. The summed E-state index contributed by atoms with van der Waals surface area (Å²) >= 11 is 0. The lowest BCUT2D eigenvalue weighted by atomic mass is 10.1. The van der Waals surface area contributed by atoms with E-state index < -0.39 is 21.0 Å². The van der Waals surface area contributed by atoms with Gasteiger partial charge in [-0.05, 0) is 36.2 Å². The molecule has 2 heterocycles. The molecule has 0 bridgehead atoms. The molecule has 8 nitrogen and oxygen atoms in total. The molecule has 9 heteroatoms. The highest BCUT2D eigenvalue weighted by molar-refractivity contribution is 7.91. The number of benzene rings is 2. The van der Waals surface area contributed by atoms with Crippen molar-refractivity contribution in [2.24, 2.45) is 0 Å². The zero-order chi connectivity index (χ0) is 22.9. The number of allylic oxidation sites excluding steroid dienone is 1. The lowest BCUT2D eigenvalue weighted by molar-refractivity contribution is 0.0941. The number of carbonyl (C=O) groups excluding carboxylic acids is 1. The second-order valence-electron chi connectivity index (χ2n) is 7.85.